The van der Waals surface area contributed by atoms with E-state index in [0.29, 0.717) is 10.6 Å². The van der Waals surface area contributed by atoms with Gasteiger partial charge >= 0.3 is 17.6 Å². The molecule has 0 saturated heterocycles. The molecule has 0 aromatic carbocycles. The fraction of sp³-hybridized carbons (Fsp3) is 0.267. The Bertz CT molecular complexity index is 1050. The molecule has 2 N–H and O–H groups in total. The molecule has 0 spiro atoms. The van der Waals surface area contributed by atoms with Crippen LogP contribution in [0.15, 0.2) is 26.5 Å². The lowest BCUT2D eigenvalue weighted by Gasteiger charge is -2.04. The third-order valence-corrected chi connectivity index (χ3v) is 5.48. The quantitative estimate of drug-likeness (QED) is 0.277. The van der Waals surface area contributed by atoms with Crippen LogP contribution in [-0.2, 0) is 6.54 Å². The number of carbonyl (C=O) groups is 2. The van der Waals surface area contributed by atoms with Gasteiger partial charge in [0.2, 0.25) is 0 Å². The number of rotatable bonds is 8. The van der Waals surface area contributed by atoms with Gasteiger partial charge in [0, 0.05) is 13.1 Å². The highest BCUT2D eigenvalue weighted by atomic mass is 79.9. The number of halogens is 1. The normalized spacial score (nSPS) is 10.7. The van der Waals surface area contributed by atoms with Gasteiger partial charge in [0.25, 0.3) is 5.91 Å². The summed E-state index contributed by atoms with van der Waals surface area (Å²) in [6.07, 6.45) is 0. The van der Waals surface area contributed by atoms with Crippen LogP contribution in [0.25, 0.3) is 0 Å². The lowest BCUT2D eigenvalue weighted by molar-refractivity contribution is -0.390. The second-order valence-electron chi connectivity index (χ2n) is 5.64. The standard InChI is InChI=1S/C15H14BrN7O5S/c1-8-11(16)12(23(26)27)20-22(8)7-10-19-15(28-21-10)14(25)18-5-4-17-13(24)9-3-2-6-29-9/h2-3,6H,4-5,7H2,1H3,(H,17,24)(H,18,25). The van der Waals surface area contributed by atoms with Crippen LogP contribution < -0.4 is 10.6 Å². The van der Waals surface area contributed by atoms with Crippen molar-refractivity contribution in [2.45, 2.75) is 13.5 Å². The van der Waals surface area contributed by atoms with Crippen LogP contribution in [0.5, 0.6) is 0 Å². The topological polar surface area (TPSA) is 158 Å². The van der Waals surface area contributed by atoms with Crippen LogP contribution in [0.2, 0.25) is 0 Å². The van der Waals surface area contributed by atoms with Gasteiger partial charge in [0.05, 0.1) is 15.7 Å². The maximum atomic E-state index is 12.1. The van der Waals surface area contributed by atoms with Crippen molar-refractivity contribution >= 4 is 44.9 Å². The van der Waals surface area contributed by atoms with Crippen LogP contribution in [-0.4, -0.2) is 49.7 Å². The van der Waals surface area contributed by atoms with Crippen molar-refractivity contribution in [3.63, 3.8) is 0 Å². The highest BCUT2D eigenvalue weighted by Crippen LogP contribution is 2.27. The summed E-state index contributed by atoms with van der Waals surface area (Å²) in [6, 6.07) is 3.48. The fourth-order valence-electron chi connectivity index (χ4n) is 2.25. The number of nitrogens with one attached hydrogen (secondary N) is 2. The minimum absolute atomic E-state index is 0.00801. The van der Waals surface area contributed by atoms with E-state index in [9.17, 15) is 19.7 Å². The van der Waals surface area contributed by atoms with E-state index >= 15 is 0 Å². The Kier molecular flexibility index (Phi) is 6.33. The maximum Gasteiger partial charge on any atom is 0.404 e. The number of aromatic nitrogens is 4. The van der Waals surface area contributed by atoms with Crippen molar-refractivity contribution in [3.8, 4) is 0 Å². The number of thiophene rings is 1. The number of hydrogen-bond acceptors (Lipinski definition) is 9. The third-order valence-electron chi connectivity index (χ3n) is 3.68. The smallest absolute Gasteiger partial charge is 0.358 e. The summed E-state index contributed by atoms with van der Waals surface area (Å²) < 4.78 is 6.50. The first-order chi connectivity index (χ1) is 13.9. The zero-order valence-corrected chi connectivity index (χ0v) is 17.3. The van der Waals surface area contributed by atoms with E-state index in [2.05, 4.69) is 41.8 Å². The van der Waals surface area contributed by atoms with Gasteiger partial charge in [-0.2, -0.15) is 9.67 Å². The predicted molar refractivity (Wildman–Crippen MR) is 104 cm³/mol. The van der Waals surface area contributed by atoms with Crippen molar-refractivity contribution in [2.24, 2.45) is 0 Å². The van der Waals surface area contributed by atoms with E-state index in [0.717, 1.165) is 0 Å². The maximum absolute atomic E-state index is 12.1. The molecule has 3 heterocycles. The monoisotopic (exact) mass is 483 g/mol. The molecule has 0 aliphatic heterocycles. The zero-order valence-electron chi connectivity index (χ0n) is 14.9. The van der Waals surface area contributed by atoms with E-state index in [1.54, 1.807) is 24.4 Å². The van der Waals surface area contributed by atoms with Gasteiger partial charge in [-0.15, -0.1) is 11.3 Å². The van der Waals surface area contributed by atoms with Crippen LogP contribution in [0.4, 0.5) is 5.82 Å². The Balaban J connectivity index is 1.52. The van der Waals surface area contributed by atoms with Gasteiger partial charge in [-0.05, 0) is 39.2 Å². The number of amides is 2. The highest BCUT2D eigenvalue weighted by molar-refractivity contribution is 9.10. The molecule has 152 valence electrons. The molecule has 0 bridgehead atoms. The number of carbonyl (C=O) groups excluding carboxylic acids is 2. The summed E-state index contributed by atoms with van der Waals surface area (Å²) in [7, 11) is 0. The van der Waals surface area contributed by atoms with Crippen molar-refractivity contribution in [2.75, 3.05) is 13.1 Å². The van der Waals surface area contributed by atoms with E-state index in [-0.39, 0.29) is 47.5 Å². The minimum atomic E-state index is -0.611. The van der Waals surface area contributed by atoms with E-state index < -0.39 is 10.8 Å². The second kappa shape index (κ2) is 8.91. The van der Waals surface area contributed by atoms with Gasteiger partial charge in [-0.3, -0.25) is 9.59 Å². The molecule has 0 aliphatic rings. The third kappa shape index (κ3) is 4.83. The summed E-state index contributed by atoms with van der Waals surface area (Å²) in [4.78, 5) is 38.7. The van der Waals surface area contributed by atoms with E-state index in [1.165, 1.54) is 16.0 Å². The molecular formula is C15H14BrN7O5S. The molecule has 3 aromatic heterocycles. The molecule has 14 heteroatoms. The lowest BCUT2D eigenvalue weighted by atomic mass is 10.4. The minimum Gasteiger partial charge on any atom is -0.358 e. The molecule has 0 fully saturated rings. The molecule has 2 amide bonds. The summed E-state index contributed by atoms with van der Waals surface area (Å²) in [5, 5.41) is 25.5. The van der Waals surface area contributed by atoms with Gasteiger partial charge in [-0.1, -0.05) is 11.2 Å². The van der Waals surface area contributed by atoms with Gasteiger partial charge < -0.3 is 25.3 Å². The van der Waals surface area contributed by atoms with Gasteiger partial charge in [-0.25, -0.2) is 0 Å². The average molecular weight is 484 g/mol. The molecule has 0 radical (unpaired) electrons. The predicted octanol–water partition coefficient (Wildman–Crippen LogP) is 1.51. The molecular weight excluding hydrogens is 470 g/mol. The first kappa shape index (κ1) is 20.6. The molecule has 3 rings (SSSR count). The Labute approximate surface area is 175 Å². The number of nitro groups is 1. The molecule has 0 aliphatic carbocycles. The van der Waals surface area contributed by atoms with Crippen molar-refractivity contribution < 1.29 is 19.0 Å². The highest BCUT2D eigenvalue weighted by Gasteiger charge is 2.25. The second-order valence-corrected chi connectivity index (χ2v) is 7.38. The zero-order chi connectivity index (χ0) is 21.0. The first-order valence-electron chi connectivity index (χ1n) is 8.16. The van der Waals surface area contributed by atoms with Crippen molar-refractivity contribution in [1.82, 2.24) is 30.6 Å². The molecule has 12 nitrogen and oxygen atoms in total. The van der Waals surface area contributed by atoms with Gasteiger partial charge in [0.15, 0.2) is 5.82 Å². The molecule has 0 saturated carbocycles. The lowest BCUT2D eigenvalue weighted by Crippen LogP contribution is -2.34. The Morgan fingerprint density at radius 1 is 1.34 bits per heavy atom. The van der Waals surface area contributed by atoms with Crippen LogP contribution in [0.1, 0.15) is 31.9 Å². The Morgan fingerprint density at radius 3 is 2.69 bits per heavy atom. The Morgan fingerprint density at radius 2 is 2.07 bits per heavy atom. The average Bonchev–Trinajstić information content (AvgIpc) is 3.43. The van der Waals surface area contributed by atoms with Crippen LogP contribution in [0.3, 0.4) is 0 Å². The summed E-state index contributed by atoms with van der Waals surface area (Å²) in [5.41, 5.74) is 0.508. The van der Waals surface area contributed by atoms with Crippen molar-refractivity contribution in [1.29, 1.82) is 0 Å². The summed E-state index contributed by atoms with van der Waals surface area (Å²) in [5.74, 6) is -1.27. The number of hydrogen-bond donors (Lipinski definition) is 2. The molecule has 3 aromatic rings. The van der Waals surface area contributed by atoms with E-state index in [4.69, 9.17) is 4.52 Å². The fourth-order valence-corrected chi connectivity index (χ4v) is 3.31. The molecule has 29 heavy (non-hydrogen) atoms. The van der Waals surface area contributed by atoms with Gasteiger partial charge in [0.1, 0.15) is 11.0 Å². The molecule has 0 unspecified atom stereocenters. The van der Waals surface area contributed by atoms with Crippen LogP contribution >= 0.6 is 27.3 Å². The molecule has 0 atom stereocenters. The van der Waals surface area contributed by atoms with Crippen molar-refractivity contribution in [3.05, 3.63) is 54.4 Å². The SMILES string of the molecule is Cc1c(Br)c([N+](=O)[O-])nn1Cc1noc(C(=O)NCCNC(=O)c2cccs2)n1. The summed E-state index contributed by atoms with van der Waals surface area (Å²) in [6.45, 7) is 2.03. The largest absolute Gasteiger partial charge is 0.404 e. The first-order valence-corrected chi connectivity index (χ1v) is 9.84. The summed E-state index contributed by atoms with van der Waals surface area (Å²) >= 11 is 4.44. The van der Waals surface area contributed by atoms with E-state index in [1.807, 2.05) is 0 Å². The Hall–Kier alpha value is -3.13. The number of nitrogens with zero attached hydrogens (tertiary/aromatic N) is 5. The van der Waals surface area contributed by atoms with Crippen LogP contribution in [0, 0.1) is 17.0 Å².